The quantitative estimate of drug-likeness (QED) is 0.362. The molecule has 1 aliphatic carbocycles. The highest BCUT2D eigenvalue weighted by Crippen LogP contribution is 2.40. The molecule has 1 saturated heterocycles. The van der Waals surface area contributed by atoms with Crippen molar-refractivity contribution >= 4 is 17.7 Å². The predicted octanol–water partition coefficient (Wildman–Crippen LogP) is 0.639. The number of carbonyl (C=O) groups is 3. The second kappa shape index (κ2) is 11.1. The largest absolute Gasteiger partial charge is 0.508 e. The van der Waals surface area contributed by atoms with Gasteiger partial charge in [0.1, 0.15) is 23.9 Å². The molecule has 6 N–H and O–H groups in total. The topological polar surface area (TPSA) is 153 Å². The van der Waals surface area contributed by atoms with E-state index < -0.39 is 42.0 Å². The van der Waals surface area contributed by atoms with Crippen LogP contribution in [0.15, 0.2) is 54.6 Å². The first-order valence-electron chi connectivity index (χ1n) is 12.3. The number of aliphatic hydroxyl groups is 2. The molecule has 2 aromatic rings. The number of nitrogens with zero attached hydrogens (tertiary/aromatic N) is 1. The first-order valence-corrected chi connectivity index (χ1v) is 12.3. The lowest BCUT2D eigenvalue weighted by Crippen LogP contribution is -2.58. The minimum absolute atomic E-state index is 0.00285. The summed E-state index contributed by atoms with van der Waals surface area (Å²) < 4.78 is 0. The third kappa shape index (κ3) is 5.85. The number of nitrogens with two attached hydrogens (primary N) is 1. The molecule has 1 saturated carbocycles. The van der Waals surface area contributed by atoms with E-state index in [-0.39, 0.29) is 30.6 Å². The number of likely N-dealkylation sites (tertiary alicyclic amines) is 1. The molecule has 192 valence electrons. The molecule has 1 aliphatic heterocycles. The van der Waals surface area contributed by atoms with Crippen LogP contribution in [0.4, 0.5) is 0 Å². The normalized spacial score (nSPS) is 25.0. The molecule has 0 bridgehead atoms. The second-order valence-electron chi connectivity index (χ2n) is 9.83. The molecule has 0 aromatic heterocycles. The number of hydrogen-bond acceptors (Lipinski definition) is 6. The molecule has 9 heteroatoms. The predicted molar refractivity (Wildman–Crippen MR) is 131 cm³/mol. The number of aromatic hydroxyl groups is 1. The number of phenols is 1. The lowest BCUT2D eigenvalue weighted by Gasteiger charge is -2.37. The van der Waals surface area contributed by atoms with Gasteiger partial charge in [-0.1, -0.05) is 42.5 Å². The molecule has 36 heavy (non-hydrogen) atoms. The monoisotopic (exact) mass is 495 g/mol. The molecular formula is C27H33N3O6. The fourth-order valence-electron chi connectivity index (χ4n) is 5.45. The molecule has 4 rings (SSSR count). The van der Waals surface area contributed by atoms with Gasteiger partial charge in [-0.05, 0) is 54.9 Å². The summed E-state index contributed by atoms with van der Waals surface area (Å²) in [6.07, 6.45) is 0.284. The van der Waals surface area contributed by atoms with Crippen LogP contribution in [-0.4, -0.2) is 68.3 Å². The SMILES string of the molecule is NC(=O)[C@@H]1CC2CC[C@H](O)CC2N1C(=O)[C@@H](Cc1ccccc1)NC(=O)C(O)Cc1ccc(O)cc1. The summed E-state index contributed by atoms with van der Waals surface area (Å²) in [6.45, 7) is 0. The molecule has 2 aromatic carbocycles. The van der Waals surface area contributed by atoms with Gasteiger partial charge in [-0.2, -0.15) is 0 Å². The van der Waals surface area contributed by atoms with Gasteiger partial charge < -0.3 is 31.3 Å². The van der Waals surface area contributed by atoms with Crippen molar-refractivity contribution in [2.75, 3.05) is 0 Å². The number of aliphatic hydroxyl groups excluding tert-OH is 2. The van der Waals surface area contributed by atoms with Crippen molar-refractivity contribution in [3.8, 4) is 5.75 Å². The van der Waals surface area contributed by atoms with Gasteiger partial charge >= 0.3 is 0 Å². The number of fused-ring (bicyclic) bond motifs is 1. The van der Waals surface area contributed by atoms with Gasteiger partial charge in [0.05, 0.1) is 6.10 Å². The molecule has 6 atom stereocenters. The highest BCUT2D eigenvalue weighted by molar-refractivity contribution is 5.93. The highest BCUT2D eigenvalue weighted by atomic mass is 16.3. The van der Waals surface area contributed by atoms with Crippen LogP contribution in [0.25, 0.3) is 0 Å². The van der Waals surface area contributed by atoms with E-state index >= 15 is 0 Å². The maximum absolute atomic E-state index is 13.9. The van der Waals surface area contributed by atoms with Crippen molar-refractivity contribution in [1.29, 1.82) is 0 Å². The number of nitrogens with one attached hydrogen (secondary N) is 1. The standard InChI is InChI=1S/C27H33N3O6/c28-25(34)23-14-18-8-11-20(32)15-22(18)30(23)27(36)21(12-16-4-2-1-3-5-16)29-26(35)24(33)13-17-6-9-19(31)10-7-17/h1-7,9-10,18,20-24,31-33H,8,11-15H2,(H2,28,34)(H,29,35)/t18?,20-,21+,22?,23-,24?/m0/s1. The number of phenolic OH excluding ortho intramolecular Hbond substituents is 1. The molecule has 2 aliphatic rings. The van der Waals surface area contributed by atoms with Crippen molar-refractivity contribution in [3.05, 3.63) is 65.7 Å². The zero-order valence-corrected chi connectivity index (χ0v) is 20.0. The molecule has 3 unspecified atom stereocenters. The lowest BCUT2D eigenvalue weighted by atomic mass is 9.83. The van der Waals surface area contributed by atoms with Crippen LogP contribution in [0.2, 0.25) is 0 Å². The number of benzene rings is 2. The molecule has 1 heterocycles. The van der Waals surface area contributed by atoms with Gasteiger partial charge in [0, 0.05) is 18.9 Å². The Labute approximate surface area is 209 Å². The maximum atomic E-state index is 13.9. The van der Waals surface area contributed by atoms with E-state index in [1.54, 1.807) is 12.1 Å². The minimum atomic E-state index is -1.42. The van der Waals surface area contributed by atoms with Gasteiger partial charge in [-0.25, -0.2) is 0 Å². The third-order valence-electron chi connectivity index (χ3n) is 7.30. The Kier molecular flexibility index (Phi) is 7.91. The summed E-state index contributed by atoms with van der Waals surface area (Å²) in [5.74, 6) is -1.64. The number of amides is 3. The third-order valence-corrected chi connectivity index (χ3v) is 7.30. The van der Waals surface area contributed by atoms with Crippen molar-refractivity contribution in [2.24, 2.45) is 11.7 Å². The van der Waals surface area contributed by atoms with Crippen LogP contribution in [0.5, 0.6) is 5.75 Å². The van der Waals surface area contributed by atoms with E-state index in [9.17, 15) is 29.7 Å². The zero-order chi connectivity index (χ0) is 25.8. The van der Waals surface area contributed by atoms with Gasteiger partial charge in [0.2, 0.25) is 17.7 Å². The number of primary amides is 1. The number of hydrogen-bond donors (Lipinski definition) is 5. The fourth-order valence-corrected chi connectivity index (χ4v) is 5.45. The Balaban J connectivity index is 1.56. The highest BCUT2D eigenvalue weighted by Gasteiger charge is 2.49. The Morgan fingerprint density at radius 2 is 1.64 bits per heavy atom. The maximum Gasteiger partial charge on any atom is 0.249 e. The molecule has 0 radical (unpaired) electrons. The van der Waals surface area contributed by atoms with E-state index in [2.05, 4.69) is 5.32 Å². The second-order valence-corrected chi connectivity index (χ2v) is 9.83. The van der Waals surface area contributed by atoms with E-state index in [0.29, 0.717) is 31.2 Å². The summed E-state index contributed by atoms with van der Waals surface area (Å²) in [6, 6.07) is 13.1. The number of carbonyl (C=O) groups excluding carboxylic acids is 3. The summed E-state index contributed by atoms with van der Waals surface area (Å²) in [7, 11) is 0. The average molecular weight is 496 g/mol. The van der Waals surface area contributed by atoms with Gasteiger partial charge in [-0.15, -0.1) is 0 Å². The van der Waals surface area contributed by atoms with Gasteiger partial charge in [0.25, 0.3) is 0 Å². The van der Waals surface area contributed by atoms with Gasteiger partial charge in [-0.3, -0.25) is 14.4 Å². The lowest BCUT2D eigenvalue weighted by molar-refractivity contribution is -0.144. The van der Waals surface area contributed by atoms with Crippen LogP contribution >= 0.6 is 0 Å². The van der Waals surface area contributed by atoms with Crippen molar-refractivity contribution in [2.45, 2.75) is 68.9 Å². The summed E-state index contributed by atoms with van der Waals surface area (Å²) in [4.78, 5) is 40.6. The Hall–Kier alpha value is -3.43. The average Bonchev–Trinajstić information content (AvgIpc) is 3.24. The van der Waals surface area contributed by atoms with Gasteiger partial charge in [0.15, 0.2) is 0 Å². The number of rotatable bonds is 8. The van der Waals surface area contributed by atoms with E-state index in [0.717, 1.165) is 5.56 Å². The van der Waals surface area contributed by atoms with Crippen LogP contribution in [0.1, 0.15) is 36.8 Å². The smallest absolute Gasteiger partial charge is 0.249 e. The van der Waals surface area contributed by atoms with E-state index in [1.165, 1.54) is 17.0 Å². The molecular weight excluding hydrogens is 462 g/mol. The molecule has 2 fully saturated rings. The summed E-state index contributed by atoms with van der Waals surface area (Å²) >= 11 is 0. The Morgan fingerprint density at radius 1 is 0.972 bits per heavy atom. The first kappa shape index (κ1) is 25.7. The Morgan fingerprint density at radius 3 is 2.31 bits per heavy atom. The van der Waals surface area contributed by atoms with Crippen LogP contribution < -0.4 is 11.1 Å². The zero-order valence-electron chi connectivity index (χ0n) is 20.0. The summed E-state index contributed by atoms with van der Waals surface area (Å²) in [5.41, 5.74) is 7.12. The van der Waals surface area contributed by atoms with Crippen molar-refractivity contribution in [1.82, 2.24) is 10.2 Å². The minimum Gasteiger partial charge on any atom is -0.508 e. The van der Waals surface area contributed by atoms with Crippen molar-refractivity contribution < 1.29 is 29.7 Å². The molecule has 0 spiro atoms. The van der Waals surface area contributed by atoms with Crippen LogP contribution in [-0.2, 0) is 27.2 Å². The molecule has 9 nitrogen and oxygen atoms in total. The van der Waals surface area contributed by atoms with E-state index in [1.807, 2.05) is 30.3 Å². The molecule has 3 amide bonds. The Bertz CT molecular complexity index is 1080. The first-order chi connectivity index (χ1) is 17.2. The van der Waals surface area contributed by atoms with Crippen molar-refractivity contribution in [3.63, 3.8) is 0 Å². The van der Waals surface area contributed by atoms with Crippen LogP contribution in [0.3, 0.4) is 0 Å². The van der Waals surface area contributed by atoms with E-state index in [4.69, 9.17) is 5.73 Å². The summed E-state index contributed by atoms with van der Waals surface area (Å²) in [5, 5.41) is 33.0. The fraction of sp³-hybridized carbons (Fsp3) is 0.444. The van der Waals surface area contributed by atoms with Crippen LogP contribution in [0, 0.1) is 5.92 Å².